The lowest BCUT2D eigenvalue weighted by Gasteiger charge is -2.26. The second-order valence-electron chi connectivity index (χ2n) is 6.92. The molecular formula is C24H21FN2O3S. The lowest BCUT2D eigenvalue weighted by atomic mass is 10.1. The van der Waals surface area contributed by atoms with Gasteiger partial charge in [-0.1, -0.05) is 30.3 Å². The van der Waals surface area contributed by atoms with E-state index in [0.717, 1.165) is 11.3 Å². The first-order valence-electron chi connectivity index (χ1n) is 9.89. The number of carbonyl (C=O) groups is 2. The number of rotatable bonds is 6. The number of para-hydroxylation sites is 2. The molecule has 0 bridgehead atoms. The standard InChI is InChI=1S/C24H21FN2O3S/c1-2-30-21-12-4-3-11-20(21)27-22(28)15-31-24(27)17-8-6-10-19(14-17)26-23(29)16-7-5-9-18(25)13-16/h3-14,24H,2,15H2,1H3,(H,26,29)/t24-/m1/s1. The summed E-state index contributed by atoms with van der Waals surface area (Å²) in [6.07, 6.45) is 0. The summed E-state index contributed by atoms with van der Waals surface area (Å²) in [5.74, 6) is 0.138. The highest BCUT2D eigenvalue weighted by Gasteiger charge is 2.35. The molecule has 1 saturated heterocycles. The number of amides is 2. The molecule has 1 fully saturated rings. The molecule has 3 aromatic carbocycles. The van der Waals surface area contributed by atoms with Crippen molar-refractivity contribution in [2.75, 3.05) is 22.6 Å². The van der Waals surface area contributed by atoms with Crippen LogP contribution in [-0.4, -0.2) is 24.2 Å². The topological polar surface area (TPSA) is 58.6 Å². The molecule has 3 aromatic rings. The van der Waals surface area contributed by atoms with Gasteiger partial charge < -0.3 is 10.1 Å². The molecular weight excluding hydrogens is 415 g/mol. The van der Waals surface area contributed by atoms with E-state index in [1.807, 2.05) is 49.4 Å². The summed E-state index contributed by atoms with van der Waals surface area (Å²) in [4.78, 5) is 27.0. The van der Waals surface area contributed by atoms with Crippen LogP contribution >= 0.6 is 11.8 Å². The maximum atomic E-state index is 13.4. The van der Waals surface area contributed by atoms with Crippen molar-refractivity contribution in [3.8, 4) is 5.75 Å². The van der Waals surface area contributed by atoms with Crippen LogP contribution in [0.2, 0.25) is 0 Å². The Bertz CT molecular complexity index is 1120. The van der Waals surface area contributed by atoms with Gasteiger partial charge in [0.05, 0.1) is 18.0 Å². The third-order valence-electron chi connectivity index (χ3n) is 4.81. The van der Waals surface area contributed by atoms with Crippen molar-refractivity contribution < 1.29 is 18.7 Å². The SMILES string of the molecule is CCOc1ccccc1N1C(=O)CS[C@@H]1c1cccc(NC(=O)c2cccc(F)c2)c1. The van der Waals surface area contributed by atoms with Crippen LogP contribution < -0.4 is 15.0 Å². The molecule has 1 heterocycles. The highest BCUT2D eigenvalue weighted by Crippen LogP contribution is 2.45. The van der Waals surface area contributed by atoms with Crippen LogP contribution in [0.5, 0.6) is 5.75 Å². The minimum absolute atomic E-state index is 0.00338. The van der Waals surface area contributed by atoms with E-state index in [-0.39, 0.29) is 16.8 Å². The molecule has 0 saturated carbocycles. The molecule has 2 amide bonds. The van der Waals surface area contributed by atoms with Gasteiger partial charge in [0, 0.05) is 11.3 Å². The number of thioether (sulfide) groups is 1. The Morgan fingerprint density at radius 3 is 2.74 bits per heavy atom. The Kier molecular flexibility index (Phi) is 6.23. The van der Waals surface area contributed by atoms with E-state index in [1.54, 1.807) is 17.0 Å². The molecule has 0 aromatic heterocycles. The Labute approximate surface area is 184 Å². The van der Waals surface area contributed by atoms with Crippen LogP contribution in [0.15, 0.2) is 72.8 Å². The molecule has 0 spiro atoms. The molecule has 5 nitrogen and oxygen atoms in total. The number of anilines is 2. The van der Waals surface area contributed by atoms with E-state index in [4.69, 9.17) is 4.74 Å². The highest BCUT2D eigenvalue weighted by atomic mass is 32.2. The van der Waals surface area contributed by atoms with Gasteiger partial charge in [-0.3, -0.25) is 14.5 Å². The molecule has 0 aliphatic carbocycles. The van der Waals surface area contributed by atoms with Crippen molar-refractivity contribution in [3.05, 3.63) is 89.7 Å². The summed E-state index contributed by atoms with van der Waals surface area (Å²) in [5.41, 5.74) is 2.41. The first-order valence-corrected chi connectivity index (χ1v) is 10.9. The number of hydrogen-bond donors (Lipinski definition) is 1. The number of nitrogens with one attached hydrogen (secondary N) is 1. The second-order valence-corrected chi connectivity index (χ2v) is 7.99. The zero-order chi connectivity index (χ0) is 21.8. The lowest BCUT2D eigenvalue weighted by Crippen LogP contribution is -2.28. The summed E-state index contributed by atoms with van der Waals surface area (Å²) in [5, 5.41) is 2.55. The molecule has 4 rings (SSSR count). The largest absolute Gasteiger partial charge is 0.492 e. The van der Waals surface area contributed by atoms with Crippen molar-refractivity contribution in [2.24, 2.45) is 0 Å². The molecule has 1 N–H and O–H groups in total. The fraction of sp³-hybridized carbons (Fsp3) is 0.167. The highest BCUT2D eigenvalue weighted by molar-refractivity contribution is 8.00. The van der Waals surface area contributed by atoms with Crippen molar-refractivity contribution in [1.29, 1.82) is 0 Å². The number of nitrogens with zero attached hydrogens (tertiary/aromatic N) is 1. The van der Waals surface area contributed by atoms with Gasteiger partial charge in [0.1, 0.15) is 16.9 Å². The van der Waals surface area contributed by atoms with Gasteiger partial charge in [-0.05, 0) is 55.0 Å². The van der Waals surface area contributed by atoms with E-state index in [0.29, 0.717) is 23.8 Å². The Morgan fingerprint density at radius 2 is 1.94 bits per heavy atom. The average molecular weight is 437 g/mol. The van der Waals surface area contributed by atoms with Gasteiger partial charge in [-0.2, -0.15) is 0 Å². The first kappa shape index (κ1) is 20.9. The molecule has 1 aliphatic rings. The maximum Gasteiger partial charge on any atom is 0.255 e. The monoisotopic (exact) mass is 436 g/mol. The van der Waals surface area contributed by atoms with E-state index < -0.39 is 11.7 Å². The normalized spacial score (nSPS) is 15.7. The van der Waals surface area contributed by atoms with Gasteiger partial charge >= 0.3 is 0 Å². The first-order chi connectivity index (χ1) is 15.1. The summed E-state index contributed by atoms with van der Waals surface area (Å²) in [6, 6.07) is 20.4. The Morgan fingerprint density at radius 1 is 1.13 bits per heavy atom. The van der Waals surface area contributed by atoms with Crippen LogP contribution in [0.4, 0.5) is 15.8 Å². The number of hydrogen-bond acceptors (Lipinski definition) is 4. The van der Waals surface area contributed by atoms with Crippen molar-refractivity contribution >= 4 is 35.0 Å². The van der Waals surface area contributed by atoms with Crippen molar-refractivity contribution in [1.82, 2.24) is 0 Å². The maximum absolute atomic E-state index is 13.4. The van der Waals surface area contributed by atoms with Crippen LogP contribution in [-0.2, 0) is 4.79 Å². The van der Waals surface area contributed by atoms with Crippen LogP contribution in [0, 0.1) is 5.82 Å². The van der Waals surface area contributed by atoms with Gasteiger partial charge in [0.25, 0.3) is 5.91 Å². The van der Waals surface area contributed by atoms with Crippen LogP contribution in [0.3, 0.4) is 0 Å². The van der Waals surface area contributed by atoms with E-state index in [2.05, 4.69) is 5.32 Å². The summed E-state index contributed by atoms with van der Waals surface area (Å²) in [7, 11) is 0. The minimum atomic E-state index is -0.467. The van der Waals surface area contributed by atoms with Gasteiger partial charge in [-0.25, -0.2) is 4.39 Å². The molecule has 1 aliphatic heterocycles. The quantitative estimate of drug-likeness (QED) is 0.573. The summed E-state index contributed by atoms with van der Waals surface area (Å²) in [6.45, 7) is 2.40. The molecule has 0 radical (unpaired) electrons. The predicted molar refractivity (Wildman–Crippen MR) is 121 cm³/mol. The number of carbonyl (C=O) groups excluding carboxylic acids is 2. The Hall–Kier alpha value is -3.32. The fourth-order valence-electron chi connectivity index (χ4n) is 3.47. The van der Waals surface area contributed by atoms with Gasteiger partial charge in [0.15, 0.2) is 0 Å². The van der Waals surface area contributed by atoms with Crippen LogP contribution in [0.25, 0.3) is 0 Å². The molecule has 7 heteroatoms. The number of benzene rings is 3. The Balaban J connectivity index is 1.61. The molecule has 1 atom stereocenters. The zero-order valence-corrected chi connectivity index (χ0v) is 17.7. The van der Waals surface area contributed by atoms with E-state index in [1.165, 1.54) is 30.0 Å². The molecule has 158 valence electrons. The number of halogens is 1. The molecule has 31 heavy (non-hydrogen) atoms. The molecule has 0 unspecified atom stereocenters. The smallest absolute Gasteiger partial charge is 0.255 e. The van der Waals surface area contributed by atoms with Crippen molar-refractivity contribution in [2.45, 2.75) is 12.3 Å². The van der Waals surface area contributed by atoms with E-state index in [9.17, 15) is 14.0 Å². The summed E-state index contributed by atoms with van der Waals surface area (Å²) < 4.78 is 19.2. The predicted octanol–water partition coefficient (Wildman–Crippen LogP) is 5.26. The second kappa shape index (κ2) is 9.22. The fourth-order valence-corrected chi connectivity index (χ4v) is 4.63. The third kappa shape index (κ3) is 4.56. The van der Waals surface area contributed by atoms with Crippen LogP contribution in [0.1, 0.15) is 28.2 Å². The van der Waals surface area contributed by atoms with Gasteiger partial charge in [0.2, 0.25) is 5.91 Å². The van der Waals surface area contributed by atoms with Gasteiger partial charge in [-0.15, -0.1) is 11.8 Å². The van der Waals surface area contributed by atoms with E-state index >= 15 is 0 Å². The summed E-state index contributed by atoms with van der Waals surface area (Å²) >= 11 is 1.52. The minimum Gasteiger partial charge on any atom is -0.492 e. The lowest BCUT2D eigenvalue weighted by molar-refractivity contribution is -0.115. The van der Waals surface area contributed by atoms with Crippen molar-refractivity contribution in [3.63, 3.8) is 0 Å². The number of ether oxygens (including phenoxy) is 1. The zero-order valence-electron chi connectivity index (χ0n) is 16.9. The third-order valence-corrected chi connectivity index (χ3v) is 6.02. The average Bonchev–Trinajstić information content (AvgIpc) is 3.16.